The summed E-state index contributed by atoms with van der Waals surface area (Å²) in [6.07, 6.45) is 5.03. The topological polar surface area (TPSA) is 158 Å². The number of carbonyl (C=O) groups is 2. The van der Waals surface area contributed by atoms with Crippen LogP contribution in [0.3, 0.4) is 0 Å². The molecule has 73 heavy (non-hydrogen) atoms. The third kappa shape index (κ3) is 15.6. The molecule has 0 unspecified atom stereocenters. The zero-order valence-electron chi connectivity index (χ0n) is 39.1. The van der Waals surface area contributed by atoms with E-state index in [1.54, 1.807) is 53.9 Å². The van der Waals surface area contributed by atoms with Crippen LogP contribution in [0, 0.1) is 11.8 Å². The first-order chi connectivity index (χ1) is 34.7. The Bertz CT molecular complexity index is 3090. The molecule has 0 spiro atoms. The molecule has 12 nitrogen and oxygen atoms in total. The Kier molecular flexibility index (Phi) is 19.9. The quantitative estimate of drug-likeness (QED) is 0.0248. The van der Waals surface area contributed by atoms with Crippen molar-refractivity contribution in [3.63, 3.8) is 0 Å². The average Bonchev–Trinajstić information content (AvgIpc) is 4.23. The van der Waals surface area contributed by atoms with Crippen LogP contribution in [0.2, 0.25) is 0 Å². The molecule has 378 valence electrons. The molecule has 0 bridgehead atoms. The summed E-state index contributed by atoms with van der Waals surface area (Å²) in [6.45, 7) is 5.03. The number of halogens is 6. The fourth-order valence-corrected chi connectivity index (χ4v) is 9.02. The Labute approximate surface area is 437 Å². The number of hydrogen-bond donors (Lipinski definition) is 0. The van der Waals surface area contributed by atoms with Gasteiger partial charge in [-0.15, -0.1) is 22.7 Å². The molecular formula is C52H44F6N8O4RuS2. The van der Waals surface area contributed by atoms with Crippen LogP contribution in [0.1, 0.15) is 97.5 Å². The molecule has 0 saturated heterocycles. The fourth-order valence-electron chi connectivity index (χ4n) is 7.18. The van der Waals surface area contributed by atoms with Gasteiger partial charge < -0.3 is 29.9 Å². The van der Waals surface area contributed by atoms with Crippen LogP contribution in [0.15, 0.2) is 96.6 Å². The number of unbranched alkanes of at least 4 members (excludes halogenated alkanes) is 6. The number of rotatable bonds is 19. The largest absolute Gasteiger partial charge is 2.00 e. The third-order valence-corrected chi connectivity index (χ3v) is 12.8. The second-order valence-corrected chi connectivity index (χ2v) is 18.2. The number of aryl methyl sites for hydroxylation is 2. The van der Waals surface area contributed by atoms with Crippen molar-refractivity contribution in [3.8, 4) is 79.3 Å². The number of ether oxygens (including phenoxy) is 2. The van der Waals surface area contributed by atoms with Gasteiger partial charge in [-0.2, -0.15) is 26.3 Å². The minimum Gasteiger partial charge on any atom is -0.573 e. The molecule has 21 heteroatoms. The molecule has 0 aliphatic heterocycles. The molecule has 8 heterocycles. The van der Waals surface area contributed by atoms with Gasteiger partial charge in [-0.1, -0.05) is 75.6 Å². The van der Waals surface area contributed by atoms with E-state index >= 15 is 0 Å². The summed E-state index contributed by atoms with van der Waals surface area (Å²) in [5, 5.41) is 15.6. The molecule has 0 atom stereocenters. The molecule has 8 aromatic heterocycles. The van der Waals surface area contributed by atoms with E-state index in [2.05, 4.69) is 77.5 Å². The van der Waals surface area contributed by atoms with Crippen LogP contribution >= 0.6 is 22.7 Å². The van der Waals surface area contributed by atoms with E-state index in [0.29, 0.717) is 47.0 Å². The summed E-state index contributed by atoms with van der Waals surface area (Å²) in [7, 11) is 0. The molecule has 8 rings (SSSR count). The Morgan fingerprint density at radius 1 is 0.603 bits per heavy atom. The van der Waals surface area contributed by atoms with Crippen LogP contribution < -0.4 is 19.7 Å². The first-order valence-electron chi connectivity index (χ1n) is 22.8. The number of nitrogens with zero attached hydrogens (tertiary/aromatic N) is 8. The zero-order valence-corrected chi connectivity index (χ0v) is 42.5. The van der Waals surface area contributed by atoms with Crippen molar-refractivity contribution in [1.29, 1.82) is 0 Å². The van der Waals surface area contributed by atoms with Crippen LogP contribution in [0.25, 0.3) is 56.0 Å². The van der Waals surface area contributed by atoms with E-state index in [9.17, 15) is 35.9 Å². The Balaban J connectivity index is 0.000000235. The predicted octanol–water partition coefficient (Wildman–Crippen LogP) is 12.9. The van der Waals surface area contributed by atoms with Crippen LogP contribution in [0.4, 0.5) is 26.3 Å². The molecule has 0 aromatic carbocycles. The number of alkyl halides is 6. The van der Waals surface area contributed by atoms with Gasteiger partial charge in [-0.25, -0.2) is 4.98 Å². The number of pyridine rings is 4. The first kappa shape index (κ1) is 55.4. The van der Waals surface area contributed by atoms with Gasteiger partial charge in [0, 0.05) is 45.9 Å². The molecule has 0 amide bonds. The number of thiophene rings is 2. The van der Waals surface area contributed by atoms with Crippen molar-refractivity contribution < 1.29 is 64.9 Å². The van der Waals surface area contributed by atoms with Gasteiger partial charge in [0.05, 0.1) is 39.0 Å². The monoisotopic (exact) mass is 1120 g/mol. The van der Waals surface area contributed by atoms with Gasteiger partial charge in [0.1, 0.15) is 22.9 Å². The van der Waals surface area contributed by atoms with Gasteiger partial charge in [0.2, 0.25) is 0 Å². The number of aromatic nitrogens is 8. The van der Waals surface area contributed by atoms with E-state index in [4.69, 9.17) is 9.47 Å². The standard InChI is InChI=1S/C29H25N3O4S.C23H19F6N5S.Ru/c1-2-3-4-5-6-22-11-14-37-29(22)8-7-21-9-12-30-25(15-21)27-17-24(36-20-34)18-28(32-27)26-16-23(35-19-33)10-13-31-26;1-2-3-4-5-6-14-7-8-19(35-14)13-9-15(17-11-20(33-31-17)22(24,25)26)30-16(10-13)18-12-21(34-32-18)23(27,28)29;/h9-20H,2-6H2,1H3;7-12H,2-6H2,1H3;/q;-2;+2. The van der Waals surface area contributed by atoms with Gasteiger partial charge in [-0.05, 0) is 103 Å². The smallest absolute Gasteiger partial charge is 0.573 e. The number of carbonyl (C=O) groups excluding carboxylic acids is 2. The molecule has 0 fully saturated rings. The summed E-state index contributed by atoms with van der Waals surface area (Å²) < 4.78 is 88.2. The third-order valence-electron chi connectivity index (χ3n) is 10.8. The Morgan fingerprint density at radius 3 is 1.75 bits per heavy atom. The molecule has 0 aliphatic rings. The minimum atomic E-state index is -4.69. The Morgan fingerprint density at radius 2 is 1.16 bits per heavy atom. The fraction of sp³-hybridized carbons (Fsp3) is 0.269. The van der Waals surface area contributed by atoms with E-state index in [1.807, 2.05) is 24.3 Å². The molecule has 0 radical (unpaired) electrons. The SMILES string of the molecule is CCCCCCc1ccc(-c2cc(-c3cc(C(F)(F)F)n[n-]3)nc(-c3cc(C(F)(F)F)n[n-]3)c2)s1.CCCCCCc1ccsc1C#Cc1ccnc(-c2cc(OC=O)cc(-c3cc(OC=O)ccn3)n2)c1.[Ru+2]. The van der Waals surface area contributed by atoms with E-state index < -0.39 is 23.7 Å². The van der Waals surface area contributed by atoms with Crippen molar-refractivity contribution >= 4 is 35.6 Å². The van der Waals surface area contributed by atoms with E-state index in [-0.39, 0.29) is 48.0 Å². The van der Waals surface area contributed by atoms with Crippen molar-refractivity contribution in [1.82, 2.24) is 40.3 Å². The number of hydrogen-bond acceptors (Lipinski definition) is 12. The summed E-state index contributed by atoms with van der Waals surface area (Å²) in [4.78, 5) is 42.4. The van der Waals surface area contributed by atoms with Crippen molar-refractivity contribution in [2.45, 2.75) is 90.4 Å². The zero-order chi connectivity index (χ0) is 51.1. The second kappa shape index (κ2) is 26.2. The average molecular weight is 1120 g/mol. The van der Waals surface area contributed by atoms with Gasteiger partial charge in [0.25, 0.3) is 12.9 Å². The van der Waals surface area contributed by atoms with E-state index in [1.165, 1.54) is 48.8 Å². The van der Waals surface area contributed by atoms with Crippen molar-refractivity contribution in [2.75, 3.05) is 0 Å². The molecule has 0 saturated carbocycles. The van der Waals surface area contributed by atoms with Crippen LogP contribution in [-0.4, -0.2) is 43.1 Å². The Hall–Kier alpha value is -6.88. The maximum Gasteiger partial charge on any atom is 2.00 e. The van der Waals surface area contributed by atoms with Gasteiger partial charge in [0.15, 0.2) is 0 Å². The molecular weight excluding hydrogens is 1080 g/mol. The minimum absolute atomic E-state index is 0. The molecule has 0 N–H and O–H groups in total. The first-order valence-corrected chi connectivity index (χ1v) is 24.4. The molecule has 0 aliphatic carbocycles. The van der Waals surface area contributed by atoms with Gasteiger partial charge >= 0.3 is 31.8 Å². The normalized spacial score (nSPS) is 11.2. The maximum absolute atomic E-state index is 13.0. The van der Waals surface area contributed by atoms with E-state index in [0.717, 1.165) is 70.9 Å². The predicted molar refractivity (Wildman–Crippen MR) is 261 cm³/mol. The van der Waals surface area contributed by atoms with Crippen LogP contribution in [-0.2, 0) is 54.3 Å². The molecule has 8 aromatic rings. The van der Waals surface area contributed by atoms with Crippen molar-refractivity contribution in [2.24, 2.45) is 0 Å². The maximum atomic E-state index is 13.0. The van der Waals surface area contributed by atoms with Gasteiger partial charge in [-0.3, -0.25) is 24.5 Å². The summed E-state index contributed by atoms with van der Waals surface area (Å²) in [6, 6.07) is 20.6. The van der Waals surface area contributed by atoms with Crippen LogP contribution in [0.5, 0.6) is 11.5 Å². The second-order valence-electron chi connectivity index (χ2n) is 16.1. The summed E-state index contributed by atoms with van der Waals surface area (Å²) >= 11 is 3.17. The summed E-state index contributed by atoms with van der Waals surface area (Å²) in [5.41, 5.74) is 1.99. The summed E-state index contributed by atoms with van der Waals surface area (Å²) in [5.74, 6) is 7.16. The van der Waals surface area contributed by atoms with Crippen molar-refractivity contribution in [3.05, 3.63) is 129 Å².